The Morgan fingerprint density at radius 3 is 2.85 bits per heavy atom. The molecule has 2 saturated heterocycles. The van der Waals surface area contributed by atoms with Gasteiger partial charge in [0.1, 0.15) is 5.54 Å². The Morgan fingerprint density at radius 1 is 1.45 bits per heavy atom. The molecule has 0 aromatic rings. The fourth-order valence-electron chi connectivity index (χ4n) is 4.24. The molecule has 1 saturated carbocycles. The second-order valence-electron chi connectivity index (χ2n) is 7.36. The molecule has 3 N–H and O–H groups in total. The predicted molar refractivity (Wildman–Crippen MR) is 81.7 cm³/mol. The summed E-state index contributed by atoms with van der Waals surface area (Å²) in [6.45, 7) is 7.82. The molecule has 4 atom stereocenters. The van der Waals surface area contributed by atoms with Crippen LogP contribution in [0.3, 0.4) is 0 Å². The van der Waals surface area contributed by atoms with E-state index in [1.165, 1.54) is 18.6 Å². The van der Waals surface area contributed by atoms with Gasteiger partial charge in [-0.3, -0.25) is 4.79 Å². The number of ether oxygens (including phenoxy) is 1. The molecule has 0 aromatic heterocycles. The van der Waals surface area contributed by atoms with Crippen molar-refractivity contribution in [1.82, 2.24) is 5.32 Å². The Kier molecular flexibility index (Phi) is 3.39. The molecule has 20 heavy (non-hydrogen) atoms. The third-order valence-corrected chi connectivity index (χ3v) is 7.29. The number of thioether (sulfide) groups is 1. The van der Waals surface area contributed by atoms with Crippen molar-refractivity contribution in [1.29, 1.82) is 0 Å². The summed E-state index contributed by atoms with van der Waals surface area (Å²) in [7, 11) is 0. The van der Waals surface area contributed by atoms with Gasteiger partial charge in [0.25, 0.3) is 0 Å². The Balaban J connectivity index is 1.67. The summed E-state index contributed by atoms with van der Waals surface area (Å²) in [6.07, 6.45) is 3.47. The molecule has 1 amide bonds. The average molecular weight is 298 g/mol. The summed E-state index contributed by atoms with van der Waals surface area (Å²) >= 11 is 1.96. The van der Waals surface area contributed by atoms with Gasteiger partial charge in [0, 0.05) is 29.2 Å². The van der Waals surface area contributed by atoms with Gasteiger partial charge in [0.2, 0.25) is 5.91 Å². The van der Waals surface area contributed by atoms with E-state index in [0.29, 0.717) is 0 Å². The Labute approximate surface area is 125 Å². The second-order valence-corrected chi connectivity index (χ2v) is 9.04. The van der Waals surface area contributed by atoms with Crippen LogP contribution < -0.4 is 11.1 Å². The van der Waals surface area contributed by atoms with Gasteiger partial charge in [-0.2, -0.15) is 11.8 Å². The Hall–Kier alpha value is -0.260. The van der Waals surface area contributed by atoms with Crippen LogP contribution in [0, 0.1) is 11.3 Å². The number of hydrogen-bond donors (Lipinski definition) is 2. The van der Waals surface area contributed by atoms with Crippen molar-refractivity contribution in [2.45, 2.75) is 56.4 Å². The Bertz CT molecular complexity index is 420. The Morgan fingerprint density at radius 2 is 2.20 bits per heavy atom. The number of nitrogens with two attached hydrogens (primary N) is 1. The molecule has 0 bridgehead atoms. The first kappa shape index (κ1) is 14.7. The highest BCUT2D eigenvalue weighted by Gasteiger charge is 2.71. The molecule has 5 heteroatoms. The van der Waals surface area contributed by atoms with Gasteiger partial charge >= 0.3 is 0 Å². The van der Waals surface area contributed by atoms with Crippen LogP contribution in [0.2, 0.25) is 0 Å². The highest BCUT2D eigenvalue weighted by Crippen LogP contribution is 2.58. The number of rotatable bonds is 3. The summed E-state index contributed by atoms with van der Waals surface area (Å²) in [4.78, 5) is 12.7. The normalized spacial score (nSPS) is 45.8. The van der Waals surface area contributed by atoms with Crippen LogP contribution in [-0.4, -0.2) is 41.2 Å². The fourth-order valence-corrected chi connectivity index (χ4v) is 5.48. The maximum Gasteiger partial charge on any atom is 0.241 e. The van der Waals surface area contributed by atoms with Crippen molar-refractivity contribution >= 4 is 17.7 Å². The fraction of sp³-hybridized carbons (Fsp3) is 0.933. The van der Waals surface area contributed by atoms with Gasteiger partial charge in [-0.15, -0.1) is 0 Å². The van der Waals surface area contributed by atoms with Gasteiger partial charge in [-0.1, -0.05) is 13.8 Å². The topological polar surface area (TPSA) is 64.4 Å². The van der Waals surface area contributed by atoms with Gasteiger partial charge in [0.15, 0.2) is 0 Å². The lowest BCUT2D eigenvalue weighted by molar-refractivity contribution is -0.175. The third kappa shape index (κ3) is 1.86. The molecular formula is C15H26N2O2S. The van der Waals surface area contributed by atoms with E-state index in [1.807, 2.05) is 11.8 Å². The smallest absolute Gasteiger partial charge is 0.241 e. The molecule has 2 aliphatic heterocycles. The molecule has 0 spiro atoms. The molecule has 114 valence electrons. The molecule has 4 nitrogen and oxygen atoms in total. The minimum absolute atomic E-state index is 0.0166. The van der Waals surface area contributed by atoms with E-state index < -0.39 is 5.54 Å². The summed E-state index contributed by atoms with van der Waals surface area (Å²) in [5.41, 5.74) is 5.49. The summed E-state index contributed by atoms with van der Waals surface area (Å²) in [5.74, 6) is 1.40. The third-order valence-electron chi connectivity index (χ3n) is 5.75. The number of amides is 1. The first-order valence-electron chi connectivity index (χ1n) is 7.64. The van der Waals surface area contributed by atoms with E-state index in [2.05, 4.69) is 26.1 Å². The number of carbonyl (C=O) groups excluding carboxylic acids is 1. The molecule has 3 fully saturated rings. The van der Waals surface area contributed by atoms with Crippen molar-refractivity contribution in [2.24, 2.45) is 17.1 Å². The van der Waals surface area contributed by atoms with E-state index in [1.54, 1.807) is 0 Å². The largest absolute Gasteiger partial charge is 0.377 e. The van der Waals surface area contributed by atoms with Crippen molar-refractivity contribution < 1.29 is 9.53 Å². The number of fused-ring (bicyclic) bond motifs is 1. The van der Waals surface area contributed by atoms with Crippen LogP contribution in [0.1, 0.15) is 40.0 Å². The number of nitrogens with one attached hydrogen (secondary N) is 1. The zero-order valence-corrected chi connectivity index (χ0v) is 13.5. The summed E-state index contributed by atoms with van der Waals surface area (Å²) < 4.78 is 5.93. The van der Waals surface area contributed by atoms with Crippen LogP contribution in [0.5, 0.6) is 0 Å². The minimum atomic E-state index is -0.770. The molecule has 4 unspecified atom stereocenters. The molecule has 0 aromatic carbocycles. The first-order chi connectivity index (χ1) is 9.31. The lowest BCUT2D eigenvalue weighted by Gasteiger charge is -2.60. The summed E-state index contributed by atoms with van der Waals surface area (Å²) in [6, 6.07) is 0. The number of carbonyl (C=O) groups is 1. The molecule has 1 aliphatic carbocycles. The molecule has 0 radical (unpaired) electrons. The van der Waals surface area contributed by atoms with Gasteiger partial charge in [-0.05, 0) is 31.9 Å². The van der Waals surface area contributed by atoms with E-state index in [4.69, 9.17) is 10.5 Å². The zero-order chi connectivity index (χ0) is 14.6. The molecular weight excluding hydrogens is 272 g/mol. The standard InChI is InChI=1S/C15H26N2O2S/c1-13(2)11-10(5-7-19-11)15(13,16)12(18)17-9-14(3)6-4-8-20-14/h10-11H,4-9,16H2,1-3H3,(H,17,18). The quantitative estimate of drug-likeness (QED) is 0.829. The highest BCUT2D eigenvalue weighted by atomic mass is 32.2. The maximum atomic E-state index is 12.7. The van der Waals surface area contributed by atoms with E-state index in [0.717, 1.165) is 19.6 Å². The monoisotopic (exact) mass is 298 g/mol. The van der Waals surface area contributed by atoms with Crippen molar-refractivity contribution in [2.75, 3.05) is 18.9 Å². The molecule has 2 heterocycles. The van der Waals surface area contributed by atoms with Crippen molar-refractivity contribution in [3.05, 3.63) is 0 Å². The van der Waals surface area contributed by atoms with Crippen LogP contribution in [0.4, 0.5) is 0 Å². The predicted octanol–water partition coefficient (Wildman–Crippen LogP) is 1.53. The average Bonchev–Trinajstić information content (AvgIpc) is 3.03. The van der Waals surface area contributed by atoms with E-state index >= 15 is 0 Å². The van der Waals surface area contributed by atoms with Crippen LogP contribution in [0.25, 0.3) is 0 Å². The van der Waals surface area contributed by atoms with Crippen molar-refractivity contribution in [3.8, 4) is 0 Å². The first-order valence-corrected chi connectivity index (χ1v) is 8.63. The zero-order valence-electron chi connectivity index (χ0n) is 12.7. The van der Waals surface area contributed by atoms with Crippen LogP contribution >= 0.6 is 11.8 Å². The maximum absolute atomic E-state index is 12.7. The van der Waals surface area contributed by atoms with E-state index in [9.17, 15) is 4.79 Å². The lowest BCUT2D eigenvalue weighted by atomic mass is 9.48. The lowest BCUT2D eigenvalue weighted by Crippen LogP contribution is -2.80. The minimum Gasteiger partial charge on any atom is -0.377 e. The van der Waals surface area contributed by atoms with Crippen LogP contribution in [-0.2, 0) is 9.53 Å². The highest BCUT2D eigenvalue weighted by molar-refractivity contribution is 8.00. The van der Waals surface area contributed by atoms with Gasteiger partial charge in [-0.25, -0.2) is 0 Å². The molecule has 3 rings (SSSR count). The van der Waals surface area contributed by atoms with Crippen LogP contribution in [0.15, 0.2) is 0 Å². The van der Waals surface area contributed by atoms with Gasteiger partial charge < -0.3 is 15.8 Å². The summed E-state index contributed by atoms with van der Waals surface area (Å²) in [5, 5.41) is 3.14. The van der Waals surface area contributed by atoms with Gasteiger partial charge in [0.05, 0.1) is 6.10 Å². The van der Waals surface area contributed by atoms with E-state index in [-0.39, 0.29) is 28.1 Å². The van der Waals surface area contributed by atoms with Crippen molar-refractivity contribution in [3.63, 3.8) is 0 Å². The SMILES string of the molecule is CC1(CNC(=O)C2(N)C3CCOC3C2(C)C)CCCS1. The second kappa shape index (κ2) is 4.62. The molecule has 3 aliphatic rings. The number of hydrogen-bond acceptors (Lipinski definition) is 4.